The maximum atomic E-state index is 13.0. The van der Waals surface area contributed by atoms with Gasteiger partial charge < -0.3 is 19.9 Å². The molecule has 0 bridgehead atoms. The molecule has 0 unspecified atom stereocenters. The van der Waals surface area contributed by atoms with E-state index in [0.29, 0.717) is 22.6 Å². The molecule has 2 aliphatic heterocycles. The maximum absolute atomic E-state index is 13.0. The zero-order valence-corrected chi connectivity index (χ0v) is 17.1. The van der Waals surface area contributed by atoms with Crippen molar-refractivity contribution in [3.8, 4) is 11.5 Å². The molecule has 2 aliphatic rings. The number of hydrogen-bond donors (Lipinski definition) is 2. The fourth-order valence-corrected chi connectivity index (χ4v) is 4.12. The van der Waals surface area contributed by atoms with Crippen molar-refractivity contribution in [1.82, 2.24) is 10.2 Å². The van der Waals surface area contributed by atoms with E-state index in [1.807, 2.05) is 0 Å². The summed E-state index contributed by atoms with van der Waals surface area (Å²) in [5.74, 6) is 0.505. The number of ether oxygens (including phenoxy) is 2. The van der Waals surface area contributed by atoms with Crippen LogP contribution in [0, 0.1) is 0 Å². The third kappa shape index (κ3) is 3.37. The molecule has 0 aromatic heterocycles. The van der Waals surface area contributed by atoms with Gasteiger partial charge in [-0.3, -0.25) is 9.69 Å². The lowest BCUT2D eigenvalue weighted by atomic mass is 9.92. The van der Waals surface area contributed by atoms with Crippen molar-refractivity contribution in [2.24, 2.45) is 0 Å². The summed E-state index contributed by atoms with van der Waals surface area (Å²) in [5.41, 5.74) is -0.457. The van der Waals surface area contributed by atoms with Crippen LogP contribution in [-0.4, -0.2) is 50.0 Å². The zero-order valence-electron chi connectivity index (χ0n) is 16.3. The van der Waals surface area contributed by atoms with Gasteiger partial charge in [0.1, 0.15) is 5.54 Å². The molecule has 0 saturated carbocycles. The van der Waals surface area contributed by atoms with E-state index < -0.39 is 33.4 Å². The van der Waals surface area contributed by atoms with Gasteiger partial charge in [-0.25, -0.2) is 13.2 Å². The summed E-state index contributed by atoms with van der Waals surface area (Å²) in [6.45, 7) is 1.38. The molecular formula is C20H20N2O7S. The summed E-state index contributed by atoms with van der Waals surface area (Å²) < 4.78 is 33.8. The number of sulfone groups is 1. The van der Waals surface area contributed by atoms with Gasteiger partial charge in [0.05, 0.1) is 17.5 Å². The highest BCUT2D eigenvalue weighted by molar-refractivity contribution is 7.90. The number of amides is 3. The Hall–Kier alpha value is -3.11. The highest BCUT2D eigenvalue weighted by Crippen LogP contribution is 2.35. The molecule has 0 aliphatic carbocycles. The number of nitrogens with one attached hydrogen (secondary N) is 1. The van der Waals surface area contributed by atoms with Crippen LogP contribution in [0.4, 0.5) is 4.79 Å². The number of aliphatic hydroxyl groups excluding tert-OH is 1. The van der Waals surface area contributed by atoms with Crippen molar-refractivity contribution in [3.05, 3.63) is 53.6 Å². The van der Waals surface area contributed by atoms with Crippen LogP contribution in [-0.2, 0) is 20.2 Å². The van der Waals surface area contributed by atoms with Crippen molar-refractivity contribution in [2.45, 2.75) is 23.5 Å². The van der Waals surface area contributed by atoms with Crippen LogP contribution in [0.5, 0.6) is 11.5 Å². The highest BCUT2D eigenvalue weighted by Gasteiger charge is 2.49. The quantitative estimate of drug-likeness (QED) is 0.683. The van der Waals surface area contributed by atoms with E-state index in [9.17, 15) is 23.1 Å². The van der Waals surface area contributed by atoms with E-state index in [0.717, 1.165) is 11.2 Å². The van der Waals surface area contributed by atoms with Gasteiger partial charge in [0.25, 0.3) is 5.91 Å². The van der Waals surface area contributed by atoms with E-state index in [4.69, 9.17) is 9.47 Å². The second kappa shape index (κ2) is 6.99. The fourth-order valence-electron chi connectivity index (χ4n) is 3.49. The second-order valence-electron chi connectivity index (χ2n) is 7.40. The smallest absolute Gasteiger partial charge is 0.325 e. The lowest BCUT2D eigenvalue weighted by Gasteiger charge is -2.23. The number of aliphatic hydroxyl groups is 1. The molecule has 10 heteroatoms. The highest BCUT2D eigenvalue weighted by atomic mass is 32.2. The third-order valence-corrected chi connectivity index (χ3v) is 6.40. The summed E-state index contributed by atoms with van der Waals surface area (Å²) >= 11 is 0. The van der Waals surface area contributed by atoms with E-state index in [-0.39, 0.29) is 18.2 Å². The molecule has 2 N–H and O–H groups in total. The molecule has 2 aromatic rings. The van der Waals surface area contributed by atoms with E-state index >= 15 is 0 Å². The van der Waals surface area contributed by atoms with Crippen molar-refractivity contribution >= 4 is 21.8 Å². The molecule has 2 heterocycles. The Morgan fingerprint density at radius 2 is 1.80 bits per heavy atom. The van der Waals surface area contributed by atoms with E-state index in [1.165, 1.54) is 31.2 Å². The molecule has 2 atom stereocenters. The molecule has 0 radical (unpaired) electrons. The first-order valence-corrected chi connectivity index (χ1v) is 11.0. The summed E-state index contributed by atoms with van der Waals surface area (Å²) in [5, 5.41) is 13.2. The van der Waals surface area contributed by atoms with Crippen LogP contribution in [0.1, 0.15) is 24.2 Å². The van der Waals surface area contributed by atoms with Crippen LogP contribution >= 0.6 is 0 Å². The number of benzene rings is 2. The Morgan fingerprint density at radius 1 is 1.13 bits per heavy atom. The fraction of sp³-hybridized carbons (Fsp3) is 0.300. The number of hydrogen-bond acceptors (Lipinski definition) is 7. The van der Waals surface area contributed by atoms with E-state index in [1.54, 1.807) is 18.2 Å². The second-order valence-corrected chi connectivity index (χ2v) is 9.41. The molecule has 1 saturated heterocycles. The Balaban J connectivity index is 1.55. The van der Waals surface area contributed by atoms with Gasteiger partial charge in [-0.15, -0.1) is 0 Å². The third-order valence-electron chi connectivity index (χ3n) is 5.27. The van der Waals surface area contributed by atoms with Crippen LogP contribution in [0.3, 0.4) is 0 Å². The molecule has 1 fully saturated rings. The molecular weight excluding hydrogens is 412 g/mol. The molecule has 158 valence electrons. The lowest BCUT2D eigenvalue weighted by molar-refractivity contribution is -0.132. The summed E-state index contributed by atoms with van der Waals surface area (Å²) in [7, 11) is -3.38. The molecule has 3 amide bonds. The topological polar surface area (TPSA) is 122 Å². The number of fused-ring (bicyclic) bond motifs is 1. The van der Waals surface area contributed by atoms with Crippen LogP contribution in [0.15, 0.2) is 47.4 Å². The number of β-amino-alcohol motifs (C(OH)–C–C–N with tert-alkyl or cyclic N) is 1. The molecule has 2 aromatic carbocycles. The first-order valence-electron chi connectivity index (χ1n) is 9.12. The number of urea groups is 1. The average molecular weight is 432 g/mol. The van der Waals surface area contributed by atoms with E-state index in [2.05, 4.69) is 5.32 Å². The average Bonchev–Trinajstić information content (AvgIpc) is 3.25. The van der Waals surface area contributed by atoms with Crippen LogP contribution in [0.25, 0.3) is 0 Å². The zero-order chi connectivity index (χ0) is 21.7. The molecule has 0 spiro atoms. The molecule has 9 nitrogen and oxygen atoms in total. The first-order chi connectivity index (χ1) is 14.1. The monoisotopic (exact) mass is 432 g/mol. The van der Waals surface area contributed by atoms with Crippen molar-refractivity contribution in [2.75, 3.05) is 19.6 Å². The Labute approximate surface area is 173 Å². The van der Waals surface area contributed by atoms with Crippen LogP contribution in [0.2, 0.25) is 0 Å². The molecule has 30 heavy (non-hydrogen) atoms. The van der Waals surface area contributed by atoms with Crippen molar-refractivity contribution < 1.29 is 32.6 Å². The lowest BCUT2D eigenvalue weighted by Crippen LogP contribution is -2.41. The van der Waals surface area contributed by atoms with Gasteiger partial charge >= 0.3 is 6.03 Å². The Morgan fingerprint density at radius 3 is 2.47 bits per heavy atom. The van der Waals surface area contributed by atoms with Crippen molar-refractivity contribution in [1.29, 1.82) is 0 Å². The minimum atomic E-state index is -3.38. The van der Waals surface area contributed by atoms with Gasteiger partial charge in [-0.05, 0) is 42.3 Å². The summed E-state index contributed by atoms with van der Waals surface area (Å²) in [4.78, 5) is 26.6. The van der Waals surface area contributed by atoms with Gasteiger partial charge in [0, 0.05) is 6.26 Å². The summed E-state index contributed by atoms with van der Waals surface area (Å²) in [6, 6.07) is 10.0. The largest absolute Gasteiger partial charge is 0.454 e. The number of carbonyl (C=O) groups excluding carboxylic acids is 2. The normalized spacial score (nSPS) is 21.6. The standard InChI is InChI=1S/C20H20N2O7S/c1-20(13-4-6-14(7-5-13)30(2,26)27)18(24)22(19(25)21-20)10-15(23)12-3-8-16-17(9-12)29-11-28-16/h3-9,15,23H,10-11H2,1-2H3,(H,21,25)/t15-,20-/m0/s1. The Kier molecular flexibility index (Phi) is 4.70. The van der Waals surface area contributed by atoms with Gasteiger partial charge in [0.2, 0.25) is 6.79 Å². The van der Waals surface area contributed by atoms with Crippen LogP contribution < -0.4 is 14.8 Å². The number of nitrogens with zero attached hydrogens (tertiary/aromatic N) is 1. The predicted octanol–water partition coefficient (Wildman–Crippen LogP) is 1.32. The van der Waals surface area contributed by atoms with Crippen molar-refractivity contribution in [3.63, 3.8) is 0 Å². The predicted molar refractivity (Wildman–Crippen MR) is 105 cm³/mol. The summed E-state index contributed by atoms with van der Waals surface area (Å²) in [6.07, 6.45) is -0.0324. The molecule has 4 rings (SSSR count). The van der Waals surface area contributed by atoms with Gasteiger partial charge in [-0.2, -0.15) is 0 Å². The number of imide groups is 1. The SMILES string of the molecule is C[C@@]1(c2ccc(S(C)(=O)=O)cc2)NC(=O)N(C[C@H](O)c2ccc3c(c2)OCO3)C1=O. The minimum absolute atomic E-state index is 0.0956. The number of rotatable bonds is 5. The van der Waals surface area contributed by atoms with Gasteiger partial charge in [0.15, 0.2) is 21.3 Å². The maximum Gasteiger partial charge on any atom is 0.325 e. The minimum Gasteiger partial charge on any atom is -0.454 e. The Bertz CT molecular complexity index is 1130. The first kappa shape index (κ1) is 20.2. The number of carbonyl (C=O) groups is 2. The van der Waals surface area contributed by atoms with Gasteiger partial charge in [-0.1, -0.05) is 18.2 Å².